The first-order valence-corrected chi connectivity index (χ1v) is 11.4. The van der Waals surface area contributed by atoms with Gasteiger partial charge in [0.25, 0.3) is 0 Å². The van der Waals surface area contributed by atoms with Gasteiger partial charge in [0, 0.05) is 5.56 Å². The molecule has 154 valence electrons. The molecule has 0 saturated carbocycles. The molecule has 0 bridgehead atoms. The van der Waals surface area contributed by atoms with Crippen molar-refractivity contribution in [2.45, 2.75) is 116 Å². The van der Waals surface area contributed by atoms with Gasteiger partial charge in [0.1, 0.15) is 6.29 Å². The fourth-order valence-corrected chi connectivity index (χ4v) is 3.72. The van der Waals surface area contributed by atoms with Gasteiger partial charge in [0.15, 0.2) is 0 Å². The normalized spacial score (nSPS) is 12.4. The summed E-state index contributed by atoms with van der Waals surface area (Å²) in [6.45, 7) is 6.47. The predicted molar refractivity (Wildman–Crippen MR) is 117 cm³/mol. The van der Waals surface area contributed by atoms with Crippen LogP contribution in [0, 0.1) is 0 Å². The van der Waals surface area contributed by atoms with E-state index in [-0.39, 0.29) is 12.2 Å². The van der Waals surface area contributed by atoms with Crippen molar-refractivity contribution in [2.75, 3.05) is 0 Å². The van der Waals surface area contributed by atoms with E-state index in [2.05, 4.69) is 26.8 Å². The van der Waals surface area contributed by atoms with E-state index in [1.807, 2.05) is 18.2 Å². The first-order chi connectivity index (χ1) is 13.2. The van der Waals surface area contributed by atoms with Crippen LogP contribution >= 0.6 is 0 Å². The Morgan fingerprint density at radius 2 is 1.41 bits per heavy atom. The largest absolute Gasteiger partial charge is 0.375 e. The highest BCUT2D eigenvalue weighted by Gasteiger charge is 2.14. The zero-order valence-electron chi connectivity index (χ0n) is 18.1. The summed E-state index contributed by atoms with van der Waals surface area (Å²) in [5.41, 5.74) is 1.91. The molecule has 0 fully saturated rings. The van der Waals surface area contributed by atoms with Crippen molar-refractivity contribution in [3.05, 3.63) is 35.4 Å². The molecule has 0 saturated heterocycles. The van der Waals surface area contributed by atoms with Gasteiger partial charge in [-0.15, -0.1) is 0 Å². The summed E-state index contributed by atoms with van der Waals surface area (Å²) in [4.78, 5) is 11.2. The Morgan fingerprint density at radius 1 is 0.852 bits per heavy atom. The number of unbranched alkanes of at least 4 members (excludes halogenated alkanes) is 10. The van der Waals surface area contributed by atoms with Crippen LogP contribution in [0.25, 0.3) is 0 Å². The molecule has 0 amide bonds. The quantitative estimate of drug-likeness (QED) is 0.208. The minimum Gasteiger partial charge on any atom is -0.375 e. The van der Waals surface area contributed by atoms with Crippen molar-refractivity contribution in [1.29, 1.82) is 0 Å². The maximum atomic E-state index is 11.2. The molecule has 0 N–H and O–H groups in total. The zero-order valence-corrected chi connectivity index (χ0v) is 18.1. The van der Waals surface area contributed by atoms with Crippen LogP contribution in [0.5, 0.6) is 0 Å². The first kappa shape index (κ1) is 23.9. The highest BCUT2D eigenvalue weighted by Crippen LogP contribution is 2.18. The molecule has 0 heterocycles. The van der Waals surface area contributed by atoms with Crippen molar-refractivity contribution >= 4 is 6.29 Å². The molecule has 2 nitrogen and oxygen atoms in total. The average molecular weight is 375 g/mol. The lowest BCUT2D eigenvalue weighted by Crippen LogP contribution is -2.21. The van der Waals surface area contributed by atoms with Crippen molar-refractivity contribution in [2.24, 2.45) is 0 Å². The molecule has 1 aromatic rings. The molecule has 0 aromatic heterocycles. The predicted octanol–water partition coefficient (Wildman–Crippen LogP) is 7.54. The lowest BCUT2D eigenvalue weighted by atomic mass is 9.98. The van der Waals surface area contributed by atoms with Crippen LogP contribution in [0.2, 0.25) is 0 Å². The van der Waals surface area contributed by atoms with E-state index in [4.69, 9.17) is 4.74 Å². The second kappa shape index (κ2) is 15.9. The van der Waals surface area contributed by atoms with Gasteiger partial charge in [-0.2, -0.15) is 0 Å². The molecule has 1 atom stereocenters. The number of rotatable bonds is 17. The van der Waals surface area contributed by atoms with Crippen molar-refractivity contribution in [1.82, 2.24) is 0 Å². The highest BCUT2D eigenvalue weighted by molar-refractivity contribution is 5.77. The first-order valence-electron chi connectivity index (χ1n) is 11.4. The maximum absolute atomic E-state index is 11.2. The molecule has 1 unspecified atom stereocenters. The highest BCUT2D eigenvalue weighted by atomic mass is 16.5. The van der Waals surface area contributed by atoms with Crippen LogP contribution < -0.4 is 0 Å². The molecular weight excluding hydrogens is 332 g/mol. The molecule has 27 heavy (non-hydrogen) atoms. The van der Waals surface area contributed by atoms with Crippen LogP contribution in [0.4, 0.5) is 0 Å². The van der Waals surface area contributed by atoms with Crippen molar-refractivity contribution in [3.8, 4) is 0 Å². The third kappa shape index (κ3) is 12.0. The minimum atomic E-state index is 0.213. The second-order valence-electron chi connectivity index (χ2n) is 8.15. The lowest BCUT2D eigenvalue weighted by molar-refractivity contribution is 0.00232. The van der Waals surface area contributed by atoms with Gasteiger partial charge in [0.2, 0.25) is 0 Å². The number of hydrogen-bond acceptors (Lipinski definition) is 2. The summed E-state index contributed by atoms with van der Waals surface area (Å²) in [5.74, 6) is 0. The maximum Gasteiger partial charge on any atom is 0.150 e. The molecule has 0 aliphatic carbocycles. The van der Waals surface area contributed by atoms with E-state index in [0.717, 1.165) is 30.3 Å². The van der Waals surface area contributed by atoms with E-state index in [1.165, 1.54) is 70.6 Å². The Morgan fingerprint density at radius 3 is 1.96 bits per heavy atom. The lowest BCUT2D eigenvalue weighted by Gasteiger charge is -2.21. The third-order valence-electron chi connectivity index (χ3n) is 5.22. The van der Waals surface area contributed by atoms with E-state index in [1.54, 1.807) is 0 Å². The molecule has 2 heteroatoms. The number of benzene rings is 1. The summed E-state index contributed by atoms with van der Waals surface area (Å²) in [6, 6.07) is 7.89. The molecule has 1 rings (SSSR count). The van der Waals surface area contributed by atoms with Gasteiger partial charge < -0.3 is 4.74 Å². The summed E-state index contributed by atoms with van der Waals surface area (Å²) in [6.07, 6.45) is 18.3. The third-order valence-corrected chi connectivity index (χ3v) is 5.22. The van der Waals surface area contributed by atoms with Crippen LogP contribution in [0.15, 0.2) is 24.3 Å². The standard InChI is InChI=1S/C25H42O2/c1-4-5-6-7-8-9-10-11-12-13-14-19-25(27-22(2)3)20-23-17-15-16-18-24(23)21-26/h15-18,21-22,25H,4-14,19-20H2,1-3H3. The average Bonchev–Trinajstić information content (AvgIpc) is 2.66. The number of hydrogen-bond donors (Lipinski definition) is 0. The van der Waals surface area contributed by atoms with E-state index in [9.17, 15) is 4.79 Å². The van der Waals surface area contributed by atoms with Crippen LogP contribution in [0.1, 0.15) is 114 Å². The van der Waals surface area contributed by atoms with Crippen molar-refractivity contribution in [3.63, 3.8) is 0 Å². The molecule has 0 aliphatic rings. The van der Waals surface area contributed by atoms with Crippen LogP contribution in [-0.4, -0.2) is 18.5 Å². The zero-order chi connectivity index (χ0) is 19.7. The number of carbonyl (C=O) groups is 1. The summed E-state index contributed by atoms with van der Waals surface area (Å²) in [5, 5.41) is 0. The Labute approximate surface area is 168 Å². The van der Waals surface area contributed by atoms with Gasteiger partial charge in [0.05, 0.1) is 12.2 Å². The molecule has 0 aliphatic heterocycles. The number of aldehydes is 1. The molecule has 0 radical (unpaired) electrons. The van der Waals surface area contributed by atoms with E-state index in [0.29, 0.717) is 0 Å². The summed E-state index contributed by atoms with van der Waals surface area (Å²) >= 11 is 0. The smallest absolute Gasteiger partial charge is 0.150 e. The number of ether oxygens (including phenoxy) is 1. The Hall–Kier alpha value is -1.15. The van der Waals surface area contributed by atoms with Crippen LogP contribution in [-0.2, 0) is 11.2 Å². The topological polar surface area (TPSA) is 26.3 Å². The van der Waals surface area contributed by atoms with Gasteiger partial charge in [-0.1, -0.05) is 102 Å². The second-order valence-corrected chi connectivity index (χ2v) is 8.15. The Kier molecular flexibility index (Phi) is 14.0. The fraction of sp³-hybridized carbons (Fsp3) is 0.720. The van der Waals surface area contributed by atoms with Crippen molar-refractivity contribution < 1.29 is 9.53 Å². The van der Waals surface area contributed by atoms with Crippen LogP contribution in [0.3, 0.4) is 0 Å². The Balaban J connectivity index is 2.20. The fourth-order valence-electron chi connectivity index (χ4n) is 3.72. The van der Waals surface area contributed by atoms with E-state index < -0.39 is 0 Å². The van der Waals surface area contributed by atoms with Gasteiger partial charge in [-0.3, -0.25) is 4.79 Å². The van der Waals surface area contributed by atoms with E-state index >= 15 is 0 Å². The summed E-state index contributed by atoms with van der Waals surface area (Å²) in [7, 11) is 0. The molecular formula is C25H42O2. The SMILES string of the molecule is CCCCCCCCCCCCCC(Cc1ccccc1C=O)OC(C)C. The molecule has 0 spiro atoms. The van der Waals surface area contributed by atoms with Gasteiger partial charge in [-0.05, 0) is 32.3 Å². The summed E-state index contributed by atoms with van der Waals surface area (Å²) < 4.78 is 6.13. The number of carbonyl (C=O) groups excluding carboxylic acids is 1. The van der Waals surface area contributed by atoms with Gasteiger partial charge in [-0.25, -0.2) is 0 Å². The minimum absolute atomic E-state index is 0.213. The van der Waals surface area contributed by atoms with Gasteiger partial charge >= 0.3 is 0 Å². The Bertz CT molecular complexity index is 481. The monoisotopic (exact) mass is 374 g/mol. The molecule has 1 aromatic carbocycles.